The fourth-order valence-electron chi connectivity index (χ4n) is 2.59. The number of nitrogens with zero attached hydrogens (tertiary/aromatic N) is 3. The molecule has 2 aliphatic heterocycles. The number of fused-ring (bicyclic) bond motifs is 1. The molecule has 0 aromatic heterocycles. The zero-order chi connectivity index (χ0) is 17.3. The Hall–Kier alpha value is -0.770. The first-order valence-electron chi connectivity index (χ1n) is 8.19. The largest absolute Gasteiger partial charge is 0.444 e. The van der Waals surface area contributed by atoms with Crippen LogP contribution in [-0.4, -0.2) is 78.9 Å². The van der Waals surface area contributed by atoms with Crippen LogP contribution in [0, 0.1) is 0 Å². The van der Waals surface area contributed by atoms with Crippen molar-refractivity contribution in [3.63, 3.8) is 0 Å². The molecule has 1 saturated heterocycles. The molecule has 1 N–H and O–H groups in total. The van der Waals surface area contributed by atoms with E-state index in [2.05, 4.69) is 15.2 Å². The number of methoxy groups -OCH3 is 1. The van der Waals surface area contributed by atoms with E-state index in [0.717, 1.165) is 12.5 Å². The van der Waals surface area contributed by atoms with Crippen LogP contribution in [0.1, 0.15) is 34.6 Å². The lowest BCUT2D eigenvalue weighted by atomic mass is 10.1. The Morgan fingerprint density at radius 3 is 2.54 bits per heavy atom. The van der Waals surface area contributed by atoms with Crippen molar-refractivity contribution in [3.05, 3.63) is 0 Å². The molecule has 2 rings (SSSR count). The Bertz CT molecular complexity index is 476. The van der Waals surface area contributed by atoms with E-state index in [1.165, 1.54) is 0 Å². The van der Waals surface area contributed by atoms with E-state index < -0.39 is 5.60 Å². The summed E-state index contributed by atoms with van der Waals surface area (Å²) in [5.74, 6) is 0.906. The predicted octanol–water partition coefficient (Wildman–Crippen LogP) is 1.91. The maximum atomic E-state index is 12.2. The van der Waals surface area contributed by atoms with Gasteiger partial charge in [-0.3, -0.25) is 4.99 Å². The van der Waals surface area contributed by atoms with E-state index in [1.807, 2.05) is 34.6 Å². The molecule has 24 heavy (non-hydrogen) atoms. The average molecular weight is 454 g/mol. The Labute approximate surface area is 162 Å². The number of hydrogen-bond donors (Lipinski definition) is 1. The number of rotatable bonds is 3. The molecule has 7 nitrogen and oxygen atoms in total. The van der Waals surface area contributed by atoms with Crippen LogP contribution in [0.4, 0.5) is 4.79 Å². The van der Waals surface area contributed by atoms with Gasteiger partial charge in [-0.2, -0.15) is 0 Å². The second-order valence-electron chi connectivity index (χ2n) is 7.76. The highest BCUT2D eigenvalue weighted by Crippen LogP contribution is 2.19. The van der Waals surface area contributed by atoms with Crippen LogP contribution < -0.4 is 5.32 Å². The molecule has 1 amide bonds. The smallest absolute Gasteiger partial charge is 0.410 e. The van der Waals surface area contributed by atoms with Gasteiger partial charge in [0.2, 0.25) is 0 Å². The van der Waals surface area contributed by atoms with Gasteiger partial charge in [-0.25, -0.2) is 4.79 Å². The quantitative estimate of drug-likeness (QED) is 0.661. The van der Waals surface area contributed by atoms with Crippen LogP contribution in [0.2, 0.25) is 0 Å². The van der Waals surface area contributed by atoms with E-state index in [9.17, 15) is 4.79 Å². The van der Waals surface area contributed by atoms with Gasteiger partial charge in [0.05, 0.1) is 18.2 Å². The summed E-state index contributed by atoms with van der Waals surface area (Å²) in [6.45, 7) is 13.2. The van der Waals surface area contributed by atoms with Crippen LogP contribution in [0.5, 0.6) is 0 Å². The number of halogens is 1. The summed E-state index contributed by atoms with van der Waals surface area (Å²) >= 11 is 0. The van der Waals surface area contributed by atoms with Crippen molar-refractivity contribution in [2.75, 3.05) is 39.8 Å². The summed E-state index contributed by atoms with van der Waals surface area (Å²) in [5.41, 5.74) is -0.697. The van der Waals surface area contributed by atoms with Gasteiger partial charge in [0.15, 0.2) is 5.96 Å². The number of amides is 1. The van der Waals surface area contributed by atoms with E-state index in [0.29, 0.717) is 26.2 Å². The molecule has 0 radical (unpaired) electrons. The standard InChI is InChI=1S/C16H30N4O3.HI/c1-15(2,3)23-14(21)19-7-8-20-12(10-19)9-17-13(20)18-11-16(4,5)22-6;/h12H,7-11H2,1-6H3,(H,17,18);1H. The lowest BCUT2D eigenvalue weighted by Crippen LogP contribution is -2.58. The second kappa shape index (κ2) is 8.07. The third-order valence-electron chi connectivity index (χ3n) is 4.08. The molecule has 140 valence electrons. The van der Waals surface area contributed by atoms with Gasteiger partial charge < -0.3 is 24.6 Å². The minimum absolute atomic E-state index is 0. The van der Waals surface area contributed by atoms with Crippen molar-refractivity contribution in [3.8, 4) is 0 Å². The molecule has 2 aliphatic rings. The minimum Gasteiger partial charge on any atom is -0.444 e. The number of carbonyl (C=O) groups is 1. The van der Waals surface area contributed by atoms with Gasteiger partial charge >= 0.3 is 6.09 Å². The lowest BCUT2D eigenvalue weighted by Gasteiger charge is -2.39. The van der Waals surface area contributed by atoms with E-state index >= 15 is 0 Å². The van der Waals surface area contributed by atoms with Crippen molar-refractivity contribution in [1.82, 2.24) is 15.1 Å². The predicted molar refractivity (Wildman–Crippen MR) is 105 cm³/mol. The third-order valence-corrected chi connectivity index (χ3v) is 4.08. The number of hydrogen-bond acceptors (Lipinski definition) is 6. The molecule has 0 saturated carbocycles. The summed E-state index contributed by atoms with van der Waals surface area (Å²) in [5, 5.41) is 3.37. The molecule has 1 unspecified atom stereocenters. The highest BCUT2D eigenvalue weighted by Gasteiger charge is 2.36. The van der Waals surface area contributed by atoms with Gasteiger partial charge in [-0.05, 0) is 34.6 Å². The van der Waals surface area contributed by atoms with Crippen molar-refractivity contribution in [2.45, 2.75) is 51.9 Å². The molecule has 1 atom stereocenters. The Balaban J connectivity index is 0.00000288. The number of nitrogens with one attached hydrogen (secondary N) is 1. The molecule has 0 spiro atoms. The van der Waals surface area contributed by atoms with Crippen molar-refractivity contribution < 1.29 is 14.3 Å². The molecule has 2 heterocycles. The van der Waals surface area contributed by atoms with Crippen molar-refractivity contribution >= 4 is 36.0 Å². The van der Waals surface area contributed by atoms with Crippen LogP contribution in [0.15, 0.2) is 4.99 Å². The number of ether oxygens (including phenoxy) is 2. The monoisotopic (exact) mass is 454 g/mol. The number of guanidine groups is 1. The average Bonchev–Trinajstić information content (AvgIpc) is 2.85. The van der Waals surface area contributed by atoms with Crippen LogP contribution >= 0.6 is 24.0 Å². The van der Waals surface area contributed by atoms with E-state index in [1.54, 1.807) is 12.0 Å². The number of carbonyl (C=O) groups excluding carboxylic acids is 1. The van der Waals surface area contributed by atoms with Crippen molar-refractivity contribution in [2.24, 2.45) is 4.99 Å². The fourth-order valence-corrected chi connectivity index (χ4v) is 2.59. The van der Waals surface area contributed by atoms with Crippen LogP contribution in [-0.2, 0) is 9.47 Å². The van der Waals surface area contributed by atoms with Crippen LogP contribution in [0.25, 0.3) is 0 Å². The molecular weight excluding hydrogens is 423 g/mol. The Morgan fingerprint density at radius 1 is 1.29 bits per heavy atom. The molecule has 1 fully saturated rings. The van der Waals surface area contributed by atoms with Gasteiger partial charge in [-0.1, -0.05) is 0 Å². The third kappa shape index (κ3) is 5.65. The normalized spacial score (nSPS) is 20.9. The first kappa shape index (κ1) is 21.3. The molecule has 0 aliphatic carbocycles. The molecule has 0 aromatic carbocycles. The first-order chi connectivity index (χ1) is 10.6. The van der Waals surface area contributed by atoms with E-state index in [4.69, 9.17) is 9.47 Å². The second-order valence-corrected chi connectivity index (χ2v) is 7.76. The molecule has 0 aromatic rings. The molecule has 0 bridgehead atoms. The zero-order valence-corrected chi connectivity index (χ0v) is 17.9. The maximum Gasteiger partial charge on any atom is 0.410 e. The number of piperazine rings is 1. The highest BCUT2D eigenvalue weighted by atomic mass is 127. The lowest BCUT2D eigenvalue weighted by molar-refractivity contribution is 0.0132. The Kier molecular flexibility index (Phi) is 7.16. The van der Waals surface area contributed by atoms with Gasteiger partial charge in [-0.15, -0.1) is 24.0 Å². The summed E-state index contributed by atoms with van der Waals surface area (Å²) in [4.78, 5) is 20.8. The van der Waals surface area contributed by atoms with Gasteiger partial charge in [0.25, 0.3) is 0 Å². The van der Waals surface area contributed by atoms with Crippen LogP contribution in [0.3, 0.4) is 0 Å². The molecule has 8 heteroatoms. The Morgan fingerprint density at radius 2 is 1.96 bits per heavy atom. The molecular formula is C16H31IN4O3. The van der Waals surface area contributed by atoms with E-state index in [-0.39, 0.29) is 41.7 Å². The van der Waals surface area contributed by atoms with Gasteiger partial charge in [0.1, 0.15) is 5.60 Å². The summed E-state index contributed by atoms with van der Waals surface area (Å²) in [7, 11) is 1.71. The summed E-state index contributed by atoms with van der Waals surface area (Å²) < 4.78 is 10.9. The summed E-state index contributed by atoms with van der Waals surface area (Å²) in [6, 6.07) is 0.226. The summed E-state index contributed by atoms with van der Waals surface area (Å²) in [6.07, 6.45) is -0.237. The fraction of sp³-hybridized carbons (Fsp3) is 0.875. The SMILES string of the molecule is COC(C)(C)CNC1=NCC2CN(C(=O)OC(C)(C)C)CCN12.I. The topological polar surface area (TPSA) is 66.4 Å². The maximum absolute atomic E-state index is 12.2. The number of aliphatic imine (C=N–C) groups is 1. The highest BCUT2D eigenvalue weighted by molar-refractivity contribution is 14.0. The zero-order valence-electron chi connectivity index (χ0n) is 15.6. The van der Waals surface area contributed by atoms with Crippen molar-refractivity contribution in [1.29, 1.82) is 0 Å². The first-order valence-corrected chi connectivity index (χ1v) is 8.19. The van der Waals surface area contributed by atoms with Gasteiger partial charge in [0, 0.05) is 33.3 Å². The minimum atomic E-state index is -0.459.